The minimum Gasteiger partial charge on any atom is -0.383 e. The summed E-state index contributed by atoms with van der Waals surface area (Å²) in [6, 6.07) is 0. The van der Waals surface area contributed by atoms with Gasteiger partial charge in [0.2, 0.25) is 5.91 Å². The number of rotatable bonds is 3. The van der Waals surface area contributed by atoms with E-state index in [-0.39, 0.29) is 0 Å². The number of aliphatic hydroxyl groups excluding tert-OH is 1. The highest BCUT2D eigenvalue weighted by Crippen LogP contribution is 1.89. The van der Waals surface area contributed by atoms with Gasteiger partial charge in [-0.05, 0) is 0 Å². The lowest BCUT2D eigenvalue weighted by molar-refractivity contribution is -0.134. The number of carbonyl (C=O) groups is 2. The van der Waals surface area contributed by atoms with Gasteiger partial charge in [0, 0.05) is 0 Å². The Balaban J connectivity index is 3.77. The van der Waals surface area contributed by atoms with E-state index >= 15 is 0 Å². The summed E-state index contributed by atoms with van der Waals surface area (Å²) in [4.78, 5) is 20.9. The van der Waals surface area contributed by atoms with Crippen LogP contribution in [0.4, 0.5) is 0 Å². The number of nitrogens with two attached hydrogens (primary N) is 2. The van der Waals surface area contributed by atoms with Crippen molar-refractivity contribution >= 4 is 11.8 Å². The number of nitrogens with one attached hydrogen (secondary N) is 2. The normalized spacial score (nSPS) is 11.9. The molecule has 0 aromatic carbocycles. The van der Waals surface area contributed by atoms with Gasteiger partial charge in [0.25, 0.3) is 5.91 Å². The number of hydrogen-bond acceptors (Lipinski definition) is 5. The summed E-state index contributed by atoms with van der Waals surface area (Å²) in [5.74, 6) is 7.89. The van der Waals surface area contributed by atoms with E-state index in [1.54, 1.807) is 10.9 Å². The van der Waals surface area contributed by atoms with Crippen LogP contribution in [0.15, 0.2) is 0 Å². The van der Waals surface area contributed by atoms with Crippen molar-refractivity contribution in [1.29, 1.82) is 0 Å². The molecule has 0 radical (unpaired) electrons. The van der Waals surface area contributed by atoms with Gasteiger partial charge in [-0.2, -0.15) is 0 Å². The van der Waals surface area contributed by atoms with Gasteiger partial charge in [-0.3, -0.25) is 20.4 Å². The molecule has 7 N–H and O–H groups in total. The molecule has 0 aliphatic carbocycles. The van der Waals surface area contributed by atoms with E-state index < -0.39 is 24.3 Å². The average molecular weight is 162 g/mol. The maximum absolute atomic E-state index is 10.5. The minimum atomic E-state index is -1.46. The van der Waals surface area contributed by atoms with E-state index in [0.29, 0.717) is 0 Å². The molecule has 0 aromatic heterocycles. The highest BCUT2D eigenvalue weighted by Gasteiger charge is 2.16. The number of aliphatic hydroxyl groups is 1. The van der Waals surface area contributed by atoms with Crippen LogP contribution in [-0.4, -0.2) is 23.0 Å². The molecular formula is C4H10N4O3. The molecule has 1 atom stereocenters. The van der Waals surface area contributed by atoms with Gasteiger partial charge in [-0.15, -0.1) is 0 Å². The molecule has 7 heteroatoms. The van der Waals surface area contributed by atoms with Gasteiger partial charge < -0.3 is 5.11 Å². The van der Waals surface area contributed by atoms with E-state index in [1.807, 2.05) is 0 Å². The fourth-order valence-electron chi connectivity index (χ4n) is 0.423. The van der Waals surface area contributed by atoms with Gasteiger partial charge >= 0.3 is 0 Å². The standard InChI is InChI=1S/C4H10N4O3/c5-7-3(10)1-2(9)4(11)8-6/h2,9H,1,5-6H2,(H,7,10)(H,8,11)/t2-/m1/s1. The first-order valence-electron chi connectivity index (χ1n) is 2.79. The van der Waals surface area contributed by atoms with Crippen LogP contribution in [0.2, 0.25) is 0 Å². The maximum Gasteiger partial charge on any atom is 0.263 e. The van der Waals surface area contributed by atoms with Crippen LogP contribution in [0.1, 0.15) is 6.42 Å². The lowest BCUT2D eigenvalue weighted by Gasteiger charge is -2.06. The molecule has 11 heavy (non-hydrogen) atoms. The maximum atomic E-state index is 10.5. The third-order valence-corrected chi connectivity index (χ3v) is 0.985. The number of amides is 2. The molecule has 0 saturated carbocycles. The van der Waals surface area contributed by atoms with Crippen molar-refractivity contribution in [3.05, 3.63) is 0 Å². The molecule has 2 amide bonds. The molecule has 0 unspecified atom stereocenters. The number of hydrogen-bond donors (Lipinski definition) is 5. The Morgan fingerprint density at radius 1 is 1.36 bits per heavy atom. The second-order valence-electron chi connectivity index (χ2n) is 1.80. The smallest absolute Gasteiger partial charge is 0.263 e. The lowest BCUT2D eigenvalue weighted by Crippen LogP contribution is -2.42. The first-order valence-corrected chi connectivity index (χ1v) is 2.79. The molecule has 0 heterocycles. The van der Waals surface area contributed by atoms with Crippen molar-refractivity contribution in [1.82, 2.24) is 10.9 Å². The van der Waals surface area contributed by atoms with E-state index in [4.69, 9.17) is 5.11 Å². The van der Waals surface area contributed by atoms with Gasteiger partial charge in [0.05, 0.1) is 6.42 Å². The lowest BCUT2D eigenvalue weighted by atomic mass is 10.2. The predicted molar refractivity (Wildman–Crippen MR) is 35.3 cm³/mol. The average Bonchev–Trinajstić information content (AvgIpc) is 2.02. The SMILES string of the molecule is NNC(=O)C[C@@H](O)C(=O)NN. The van der Waals surface area contributed by atoms with E-state index in [2.05, 4.69) is 11.7 Å². The topological polar surface area (TPSA) is 130 Å². The van der Waals surface area contributed by atoms with E-state index in [9.17, 15) is 9.59 Å². The fourth-order valence-corrected chi connectivity index (χ4v) is 0.423. The summed E-state index contributed by atoms with van der Waals surface area (Å²) < 4.78 is 0. The van der Waals surface area contributed by atoms with Crippen molar-refractivity contribution in [2.24, 2.45) is 11.7 Å². The fraction of sp³-hybridized carbons (Fsp3) is 0.500. The Hall–Kier alpha value is -1.18. The molecule has 64 valence electrons. The van der Waals surface area contributed by atoms with Crippen LogP contribution < -0.4 is 22.5 Å². The number of carbonyl (C=O) groups excluding carboxylic acids is 2. The molecule has 0 aliphatic rings. The highest BCUT2D eigenvalue weighted by atomic mass is 16.3. The molecule has 0 aromatic rings. The second-order valence-corrected chi connectivity index (χ2v) is 1.80. The molecule has 0 fully saturated rings. The van der Waals surface area contributed by atoms with Crippen molar-refractivity contribution in [3.8, 4) is 0 Å². The largest absolute Gasteiger partial charge is 0.383 e. The van der Waals surface area contributed by atoms with Crippen LogP contribution in [0.3, 0.4) is 0 Å². The molecule has 0 rings (SSSR count). The van der Waals surface area contributed by atoms with Crippen molar-refractivity contribution in [2.75, 3.05) is 0 Å². The third-order valence-electron chi connectivity index (χ3n) is 0.985. The Labute approximate surface area is 62.7 Å². The molecule has 7 nitrogen and oxygen atoms in total. The van der Waals surface area contributed by atoms with Crippen molar-refractivity contribution in [3.63, 3.8) is 0 Å². The van der Waals surface area contributed by atoms with E-state index in [1.165, 1.54) is 0 Å². The Morgan fingerprint density at radius 3 is 2.27 bits per heavy atom. The zero-order valence-corrected chi connectivity index (χ0v) is 5.70. The highest BCUT2D eigenvalue weighted by molar-refractivity contribution is 5.86. The van der Waals surface area contributed by atoms with Crippen LogP contribution in [-0.2, 0) is 9.59 Å². The summed E-state index contributed by atoms with van der Waals surface area (Å²) in [6.07, 6.45) is -1.86. The Kier molecular flexibility index (Phi) is 4.11. The minimum absolute atomic E-state index is 0.403. The molecule has 0 spiro atoms. The van der Waals surface area contributed by atoms with Gasteiger partial charge in [0.1, 0.15) is 6.10 Å². The van der Waals surface area contributed by atoms with E-state index in [0.717, 1.165) is 0 Å². The summed E-state index contributed by atoms with van der Waals surface area (Å²) in [7, 11) is 0. The first-order chi connectivity index (χ1) is 5.11. The summed E-state index contributed by atoms with van der Waals surface area (Å²) in [6.45, 7) is 0. The molecule has 0 saturated heterocycles. The zero-order valence-electron chi connectivity index (χ0n) is 5.70. The van der Waals surface area contributed by atoms with Crippen molar-refractivity contribution in [2.45, 2.75) is 12.5 Å². The number of hydrazine groups is 2. The Morgan fingerprint density at radius 2 is 1.91 bits per heavy atom. The second kappa shape index (κ2) is 4.61. The Bertz CT molecular complexity index is 159. The predicted octanol–water partition coefficient (Wildman–Crippen LogP) is -3.28. The van der Waals surface area contributed by atoms with Gasteiger partial charge in [-0.25, -0.2) is 11.7 Å². The van der Waals surface area contributed by atoms with Crippen molar-refractivity contribution < 1.29 is 14.7 Å². The third kappa shape index (κ3) is 3.50. The summed E-state index contributed by atoms with van der Waals surface area (Å²) in [5, 5.41) is 8.81. The monoisotopic (exact) mass is 162 g/mol. The molecule has 0 aliphatic heterocycles. The summed E-state index contributed by atoms with van der Waals surface area (Å²) >= 11 is 0. The summed E-state index contributed by atoms with van der Waals surface area (Å²) in [5.41, 5.74) is 3.44. The molecular weight excluding hydrogens is 152 g/mol. The van der Waals surface area contributed by atoms with Gasteiger partial charge in [0.15, 0.2) is 0 Å². The van der Waals surface area contributed by atoms with Crippen LogP contribution in [0, 0.1) is 0 Å². The van der Waals surface area contributed by atoms with Crippen LogP contribution in [0.25, 0.3) is 0 Å². The van der Waals surface area contributed by atoms with Gasteiger partial charge in [-0.1, -0.05) is 0 Å². The molecule has 0 bridgehead atoms. The van der Waals surface area contributed by atoms with Crippen LogP contribution >= 0.6 is 0 Å². The first kappa shape index (κ1) is 9.82. The quantitative estimate of drug-likeness (QED) is 0.169. The zero-order chi connectivity index (χ0) is 8.85. The van der Waals surface area contributed by atoms with Crippen LogP contribution in [0.5, 0.6) is 0 Å².